The van der Waals surface area contributed by atoms with Crippen LogP contribution in [0.3, 0.4) is 0 Å². The van der Waals surface area contributed by atoms with Gasteiger partial charge in [-0.15, -0.1) is 0 Å². The highest BCUT2D eigenvalue weighted by atomic mass is 16.5. The minimum Gasteiger partial charge on any atom is -0.473 e. The second-order valence-electron chi connectivity index (χ2n) is 5.35. The zero-order valence-corrected chi connectivity index (χ0v) is 13.0. The number of ether oxygens (including phenoxy) is 1. The first kappa shape index (κ1) is 18.8. The van der Waals surface area contributed by atoms with Crippen molar-refractivity contribution in [2.24, 2.45) is 23.3 Å². The average Bonchev–Trinajstić information content (AvgIpc) is 2.34. The fourth-order valence-corrected chi connectivity index (χ4v) is 1.51. The molecule has 21 heavy (non-hydrogen) atoms. The molecule has 0 aliphatic rings. The van der Waals surface area contributed by atoms with Gasteiger partial charge >= 0.3 is 12.1 Å². The molecule has 0 aromatic carbocycles. The van der Waals surface area contributed by atoms with Crippen LogP contribution >= 0.6 is 0 Å². The largest absolute Gasteiger partial charge is 0.473 e. The number of primary amides is 2. The third-order valence-electron chi connectivity index (χ3n) is 2.78. The monoisotopic (exact) mass is 298 g/mol. The molecule has 0 aliphatic carbocycles. The number of rotatable bonds is 8. The summed E-state index contributed by atoms with van der Waals surface area (Å²) in [5.41, 5.74) is 10.2. The fraction of sp³-hybridized carbons (Fsp3) is 0.571. The molecule has 0 spiro atoms. The van der Waals surface area contributed by atoms with Gasteiger partial charge in [-0.1, -0.05) is 27.7 Å². The number of nitrogens with two attached hydrogens (primary N) is 2. The summed E-state index contributed by atoms with van der Waals surface area (Å²) >= 11 is 0. The molecule has 0 aliphatic heterocycles. The Bertz CT molecular complexity index is 356. The van der Waals surface area contributed by atoms with Crippen molar-refractivity contribution in [3.8, 4) is 0 Å². The minimum atomic E-state index is -0.584. The van der Waals surface area contributed by atoms with Gasteiger partial charge < -0.3 is 26.8 Å². The first-order valence-corrected chi connectivity index (χ1v) is 6.84. The molecule has 6 N–H and O–H groups in total. The summed E-state index contributed by atoms with van der Waals surface area (Å²) in [4.78, 5) is 21.7. The predicted octanol–water partition coefficient (Wildman–Crippen LogP) is 1.42. The molecule has 0 saturated heterocycles. The maximum absolute atomic E-state index is 10.8. The lowest BCUT2D eigenvalue weighted by molar-refractivity contribution is 0.243. The second kappa shape index (κ2) is 9.68. The summed E-state index contributed by atoms with van der Waals surface area (Å²) in [7, 11) is 0. The number of amides is 4. The molecule has 120 valence electrons. The highest BCUT2D eigenvalue weighted by molar-refractivity contribution is 5.72. The molecule has 7 heteroatoms. The smallest absolute Gasteiger partial charge is 0.312 e. The number of urea groups is 2. The fourth-order valence-electron chi connectivity index (χ4n) is 1.51. The molecule has 0 bridgehead atoms. The van der Waals surface area contributed by atoms with Crippen LogP contribution in [0.1, 0.15) is 27.7 Å². The van der Waals surface area contributed by atoms with E-state index in [9.17, 15) is 9.59 Å². The number of hydrogen-bond donors (Lipinski definition) is 4. The van der Waals surface area contributed by atoms with E-state index >= 15 is 0 Å². The first-order valence-electron chi connectivity index (χ1n) is 6.84. The molecule has 0 fully saturated rings. The van der Waals surface area contributed by atoms with Crippen LogP contribution < -0.4 is 22.1 Å². The number of nitrogens with one attached hydrogen (secondary N) is 2. The molecule has 0 aromatic heterocycles. The normalized spacial score (nSPS) is 14.6. The zero-order chi connectivity index (χ0) is 16.4. The van der Waals surface area contributed by atoms with Crippen LogP contribution in [0.4, 0.5) is 9.59 Å². The maximum Gasteiger partial charge on any atom is 0.312 e. The van der Waals surface area contributed by atoms with Crippen molar-refractivity contribution >= 4 is 12.1 Å². The van der Waals surface area contributed by atoms with E-state index in [2.05, 4.69) is 10.6 Å². The van der Waals surface area contributed by atoms with Gasteiger partial charge in [0.2, 0.25) is 0 Å². The Hall–Kier alpha value is -2.18. The second-order valence-corrected chi connectivity index (χ2v) is 5.35. The number of carbonyl (C=O) groups excluding carboxylic acids is 2. The molecule has 0 rings (SSSR count). The van der Waals surface area contributed by atoms with Crippen LogP contribution in [-0.2, 0) is 4.74 Å². The van der Waals surface area contributed by atoms with Crippen molar-refractivity contribution in [3.63, 3.8) is 0 Å². The quantitative estimate of drug-likeness (QED) is 0.507. The van der Waals surface area contributed by atoms with Crippen molar-refractivity contribution in [2.45, 2.75) is 39.8 Å². The Kier molecular flexibility index (Phi) is 8.68. The van der Waals surface area contributed by atoms with Crippen molar-refractivity contribution in [2.75, 3.05) is 0 Å². The Morgan fingerprint density at radius 2 is 1.19 bits per heavy atom. The molecule has 4 amide bonds. The Morgan fingerprint density at radius 1 is 0.857 bits per heavy atom. The minimum absolute atomic E-state index is 0.182. The molecule has 0 heterocycles. The van der Waals surface area contributed by atoms with Crippen molar-refractivity contribution in [1.29, 1.82) is 0 Å². The van der Waals surface area contributed by atoms with Crippen LogP contribution in [0.5, 0.6) is 0 Å². The van der Waals surface area contributed by atoms with E-state index in [-0.39, 0.29) is 23.9 Å². The predicted molar refractivity (Wildman–Crippen MR) is 82.1 cm³/mol. The van der Waals surface area contributed by atoms with E-state index in [1.807, 2.05) is 27.7 Å². The zero-order valence-electron chi connectivity index (χ0n) is 13.0. The highest BCUT2D eigenvalue weighted by Crippen LogP contribution is 2.05. The maximum atomic E-state index is 10.8. The molecule has 7 nitrogen and oxygen atoms in total. The van der Waals surface area contributed by atoms with Gasteiger partial charge in [-0.2, -0.15) is 0 Å². The van der Waals surface area contributed by atoms with E-state index < -0.39 is 12.1 Å². The topological polar surface area (TPSA) is 119 Å². The SMILES string of the molecule is CC(C)C(/C=C/O/C=C/C(NC(N)=O)C(C)C)NC(N)=O. The molecule has 2 atom stereocenters. The average molecular weight is 298 g/mol. The summed E-state index contributed by atoms with van der Waals surface area (Å²) in [5, 5.41) is 5.20. The van der Waals surface area contributed by atoms with Crippen LogP contribution in [0.15, 0.2) is 24.7 Å². The third-order valence-corrected chi connectivity index (χ3v) is 2.78. The van der Waals surface area contributed by atoms with Crippen molar-refractivity contribution < 1.29 is 14.3 Å². The Balaban J connectivity index is 4.42. The van der Waals surface area contributed by atoms with Gasteiger partial charge in [0.1, 0.15) is 0 Å². The van der Waals surface area contributed by atoms with E-state index in [0.717, 1.165) is 0 Å². The van der Waals surface area contributed by atoms with Crippen molar-refractivity contribution in [1.82, 2.24) is 10.6 Å². The molecule has 2 unspecified atom stereocenters. The number of carbonyl (C=O) groups is 2. The van der Waals surface area contributed by atoms with Gasteiger partial charge in [0.05, 0.1) is 24.6 Å². The van der Waals surface area contributed by atoms with E-state index in [1.165, 1.54) is 12.5 Å². The summed E-state index contributed by atoms with van der Waals surface area (Å²) in [6.45, 7) is 7.80. The standard InChI is InChI=1S/C14H26N4O3/c1-9(2)11(17-13(15)19)5-7-21-8-6-12(10(3)4)18-14(16)20/h5-12H,1-4H3,(H3,15,17,19)(H3,16,18,20)/b7-5+,8-6+. The lowest BCUT2D eigenvalue weighted by Crippen LogP contribution is -2.40. The summed E-state index contributed by atoms with van der Waals surface area (Å²) in [6.07, 6.45) is 6.31. The first-order chi connectivity index (χ1) is 9.73. The van der Waals surface area contributed by atoms with Gasteiger partial charge in [0.15, 0.2) is 0 Å². The van der Waals surface area contributed by atoms with Crippen LogP contribution in [0.2, 0.25) is 0 Å². The summed E-state index contributed by atoms with van der Waals surface area (Å²) in [5.74, 6) is 0.363. The molecular weight excluding hydrogens is 272 g/mol. The number of hydrogen-bond acceptors (Lipinski definition) is 3. The van der Waals surface area contributed by atoms with E-state index in [0.29, 0.717) is 0 Å². The van der Waals surface area contributed by atoms with Crippen LogP contribution in [0.25, 0.3) is 0 Å². The van der Waals surface area contributed by atoms with Crippen LogP contribution in [0, 0.1) is 11.8 Å². The van der Waals surface area contributed by atoms with E-state index in [4.69, 9.17) is 16.2 Å². The highest BCUT2D eigenvalue weighted by Gasteiger charge is 2.12. The summed E-state index contributed by atoms with van der Waals surface area (Å²) in [6, 6.07) is -1.58. The molecule has 0 aromatic rings. The van der Waals surface area contributed by atoms with Crippen LogP contribution in [-0.4, -0.2) is 24.1 Å². The van der Waals surface area contributed by atoms with Gasteiger partial charge in [-0.05, 0) is 24.0 Å². The lowest BCUT2D eigenvalue weighted by Gasteiger charge is -2.17. The Labute approximate surface area is 125 Å². The van der Waals surface area contributed by atoms with Gasteiger partial charge in [0.25, 0.3) is 0 Å². The third kappa shape index (κ3) is 9.37. The van der Waals surface area contributed by atoms with Gasteiger partial charge in [0, 0.05) is 0 Å². The molecular formula is C14H26N4O3. The van der Waals surface area contributed by atoms with E-state index in [1.54, 1.807) is 12.2 Å². The molecule has 0 saturated carbocycles. The van der Waals surface area contributed by atoms with Gasteiger partial charge in [-0.3, -0.25) is 0 Å². The Morgan fingerprint density at radius 3 is 1.43 bits per heavy atom. The molecule has 0 radical (unpaired) electrons. The summed E-state index contributed by atoms with van der Waals surface area (Å²) < 4.78 is 5.21. The van der Waals surface area contributed by atoms with Gasteiger partial charge in [-0.25, -0.2) is 9.59 Å². The van der Waals surface area contributed by atoms with Crippen molar-refractivity contribution in [3.05, 3.63) is 24.7 Å². The lowest BCUT2D eigenvalue weighted by atomic mass is 10.0.